The Bertz CT molecular complexity index is 150. The molecule has 1 rings (SSSR count). The van der Waals surface area contributed by atoms with Crippen LogP contribution in [0.25, 0.3) is 0 Å². The third-order valence-electron chi connectivity index (χ3n) is 2.98. The third-order valence-corrected chi connectivity index (χ3v) is 3.33. The van der Waals surface area contributed by atoms with E-state index in [0.29, 0.717) is 6.04 Å². The molecule has 0 aromatic heterocycles. The van der Waals surface area contributed by atoms with Crippen molar-refractivity contribution >= 4 is 11.6 Å². The fraction of sp³-hybridized carbons (Fsp3) is 1.00. The molecule has 0 saturated carbocycles. The summed E-state index contributed by atoms with van der Waals surface area (Å²) in [6, 6.07) is 0.646. The summed E-state index contributed by atoms with van der Waals surface area (Å²) in [6.45, 7) is 3.66. The summed E-state index contributed by atoms with van der Waals surface area (Å²) in [5.74, 6) is 0.808. The molecule has 14 heavy (non-hydrogen) atoms. The molecule has 0 aromatic rings. The van der Waals surface area contributed by atoms with Crippen LogP contribution in [0.15, 0.2) is 0 Å². The number of likely N-dealkylation sites (tertiary alicyclic amines) is 1. The van der Waals surface area contributed by atoms with Gasteiger partial charge in [0, 0.05) is 11.9 Å². The average molecular weight is 219 g/mol. The molecule has 0 spiro atoms. The predicted molar refractivity (Wildman–Crippen MR) is 63.1 cm³/mol. The molecular formula is C11H23ClN2. The van der Waals surface area contributed by atoms with E-state index in [1.54, 1.807) is 0 Å². The smallest absolute Gasteiger partial charge is 0.0379 e. The molecule has 0 aromatic carbocycles. The minimum atomic E-state index is 0.646. The number of hydrogen-bond acceptors (Lipinski definition) is 2. The van der Waals surface area contributed by atoms with Gasteiger partial charge in [0.15, 0.2) is 0 Å². The van der Waals surface area contributed by atoms with E-state index in [1.807, 2.05) is 0 Å². The maximum Gasteiger partial charge on any atom is 0.0379 e. The van der Waals surface area contributed by atoms with Gasteiger partial charge in [-0.3, -0.25) is 4.90 Å². The Morgan fingerprint density at radius 3 is 2.79 bits per heavy atom. The van der Waals surface area contributed by atoms with Crippen molar-refractivity contribution in [2.45, 2.75) is 31.7 Å². The molecule has 0 aliphatic carbocycles. The Hall–Kier alpha value is 0.210. The third kappa shape index (κ3) is 4.16. The van der Waals surface area contributed by atoms with Gasteiger partial charge < -0.3 is 4.90 Å². The van der Waals surface area contributed by atoms with Crippen molar-refractivity contribution in [2.75, 3.05) is 39.6 Å². The average Bonchev–Trinajstić information content (AvgIpc) is 2.18. The van der Waals surface area contributed by atoms with Crippen molar-refractivity contribution in [1.29, 1.82) is 0 Å². The molecule has 2 nitrogen and oxygen atoms in total. The second-order valence-corrected chi connectivity index (χ2v) is 4.81. The molecule has 0 bridgehead atoms. The highest BCUT2D eigenvalue weighted by molar-refractivity contribution is 6.18. The lowest BCUT2D eigenvalue weighted by atomic mass is 10.0. The Morgan fingerprint density at radius 2 is 2.14 bits per heavy atom. The van der Waals surface area contributed by atoms with Crippen molar-refractivity contribution in [3.63, 3.8) is 0 Å². The maximum absolute atomic E-state index is 5.96. The molecule has 84 valence electrons. The van der Waals surface area contributed by atoms with Gasteiger partial charge in [0.05, 0.1) is 0 Å². The molecule has 1 aliphatic rings. The molecule has 1 fully saturated rings. The second kappa shape index (κ2) is 6.65. The molecule has 0 radical (unpaired) electrons. The van der Waals surface area contributed by atoms with E-state index in [0.717, 1.165) is 5.88 Å². The number of hydrogen-bond donors (Lipinski definition) is 0. The Balaban J connectivity index is 2.19. The van der Waals surface area contributed by atoms with Crippen LogP contribution in [-0.4, -0.2) is 55.5 Å². The standard InChI is InChI=1S/C11H23ClN2/c1-13(2)7-5-9-14-8-4-3-6-11(14)10-12/h11H,3-10H2,1-2H3. The van der Waals surface area contributed by atoms with E-state index in [9.17, 15) is 0 Å². The van der Waals surface area contributed by atoms with Crippen molar-refractivity contribution in [1.82, 2.24) is 9.80 Å². The quantitative estimate of drug-likeness (QED) is 0.652. The molecule has 1 heterocycles. The largest absolute Gasteiger partial charge is 0.309 e. The highest BCUT2D eigenvalue weighted by Gasteiger charge is 2.20. The first-order valence-corrected chi connectivity index (χ1v) is 6.22. The van der Waals surface area contributed by atoms with Crippen molar-refractivity contribution in [3.05, 3.63) is 0 Å². The number of rotatable bonds is 5. The van der Waals surface area contributed by atoms with Crippen LogP contribution < -0.4 is 0 Å². The van der Waals surface area contributed by atoms with Crippen molar-refractivity contribution in [2.24, 2.45) is 0 Å². The minimum Gasteiger partial charge on any atom is -0.309 e. The van der Waals surface area contributed by atoms with Gasteiger partial charge in [-0.15, -0.1) is 11.6 Å². The number of piperidine rings is 1. The summed E-state index contributed by atoms with van der Waals surface area (Å²) in [5.41, 5.74) is 0. The lowest BCUT2D eigenvalue weighted by Crippen LogP contribution is -2.41. The van der Waals surface area contributed by atoms with Crippen LogP contribution in [0.3, 0.4) is 0 Å². The van der Waals surface area contributed by atoms with Crippen LogP contribution in [0.2, 0.25) is 0 Å². The summed E-state index contributed by atoms with van der Waals surface area (Å²) >= 11 is 5.96. The first-order chi connectivity index (χ1) is 6.74. The maximum atomic E-state index is 5.96. The van der Waals surface area contributed by atoms with E-state index in [1.165, 1.54) is 45.3 Å². The molecule has 1 unspecified atom stereocenters. The van der Waals surface area contributed by atoms with Gasteiger partial charge >= 0.3 is 0 Å². The second-order valence-electron chi connectivity index (χ2n) is 4.50. The topological polar surface area (TPSA) is 6.48 Å². The SMILES string of the molecule is CN(C)CCCN1CCCCC1CCl. The lowest BCUT2D eigenvalue weighted by molar-refractivity contribution is 0.156. The molecule has 1 atom stereocenters. The van der Waals surface area contributed by atoms with E-state index in [2.05, 4.69) is 23.9 Å². The van der Waals surface area contributed by atoms with Crippen LogP contribution >= 0.6 is 11.6 Å². The van der Waals surface area contributed by atoms with Crippen LogP contribution in [0.1, 0.15) is 25.7 Å². The van der Waals surface area contributed by atoms with Gasteiger partial charge in [0.2, 0.25) is 0 Å². The fourth-order valence-electron chi connectivity index (χ4n) is 2.12. The van der Waals surface area contributed by atoms with Gasteiger partial charge in [-0.2, -0.15) is 0 Å². The normalized spacial score (nSPS) is 24.4. The molecule has 0 amide bonds. The predicted octanol–water partition coefficient (Wildman–Crippen LogP) is 2.03. The molecule has 0 N–H and O–H groups in total. The Labute approximate surface area is 93.2 Å². The van der Waals surface area contributed by atoms with Gasteiger partial charge in [-0.1, -0.05) is 6.42 Å². The van der Waals surface area contributed by atoms with Gasteiger partial charge in [-0.05, 0) is 53.0 Å². The number of halogens is 1. The Kier molecular flexibility index (Phi) is 5.83. The zero-order valence-electron chi connectivity index (χ0n) is 9.51. The van der Waals surface area contributed by atoms with Crippen molar-refractivity contribution < 1.29 is 0 Å². The minimum absolute atomic E-state index is 0.646. The summed E-state index contributed by atoms with van der Waals surface area (Å²) in [5, 5.41) is 0. The van der Waals surface area contributed by atoms with Gasteiger partial charge in [-0.25, -0.2) is 0 Å². The van der Waals surface area contributed by atoms with Crippen LogP contribution in [0.5, 0.6) is 0 Å². The van der Waals surface area contributed by atoms with Crippen LogP contribution in [0.4, 0.5) is 0 Å². The fourth-order valence-corrected chi connectivity index (χ4v) is 2.47. The number of alkyl halides is 1. The lowest BCUT2D eigenvalue weighted by Gasteiger charge is -2.34. The van der Waals surface area contributed by atoms with Crippen molar-refractivity contribution in [3.8, 4) is 0 Å². The summed E-state index contributed by atoms with van der Waals surface area (Å²) < 4.78 is 0. The molecule has 1 saturated heterocycles. The van der Waals surface area contributed by atoms with E-state index in [4.69, 9.17) is 11.6 Å². The molecule has 3 heteroatoms. The van der Waals surface area contributed by atoms with E-state index >= 15 is 0 Å². The highest BCUT2D eigenvalue weighted by atomic mass is 35.5. The van der Waals surface area contributed by atoms with Crippen LogP contribution in [-0.2, 0) is 0 Å². The zero-order chi connectivity index (χ0) is 10.4. The molecule has 1 aliphatic heterocycles. The Morgan fingerprint density at radius 1 is 1.36 bits per heavy atom. The van der Waals surface area contributed by atoms with Gasteiger partial charge in [0.1, 0.15) is 0 Å². The zero-order valence-corrected chi connectivity index (χ0v) is 10.3. The summed E-state index contributed by atoms with van der Waals surface area (Å²) in [4.78, 5) is 4.82. The van der Waals surface area contributed by atoms with Crippen LogP contribution in [0, 0.1) is 0 Å². The summed E-state index contributed by atoms with van der Waals surface area (Å²) in [6.07, 6.45) is 5.28. The first-order valence-electron chi connectivity index (χ1n) is 5.69. The van der Waals surface area contributed by atoms with Gasteiger partial charge in [0.25, 0.3) is 0 Å². The molecular weight excluding hydrogens is 196 g/mol. The van der Waals surface area contributed by atoms with E-state index < -0.39 is 0 Å². The van der Waals surface area contributed by atoms with E-state index in [-0.39, 0.29) is 0 Å². The first kappa shape index (κ1) is 12.3. The highest BCUT2D eigenvalue weighted by Crippen LogP contribution is 2.17. The number of nitrogens with zero attached hydrogens (tertiary/aromatic N) is 2. The monoisotopic (exact) mass is 218 g/mol. The summed E-state index contributed by atoms with van der Waals surface area (Å²) in [7, 11) is 4.27.